The SMILES string of the molecule is NC(=O)C1CCN(Cc2cccc(F)c2Br)C1. The summed E-state index contributed by atoms with van der Waals surface area (Å²) >= 11 is 3.24. The lowest BCUT2D eigenvalue weighted by molar-refractivity contribution is -0.121. The number of nitrogens with zero attached hydrogens (tertiary/aromatic N) is 1. The predicted molar refractivity (Wildman–Crippen MR) is 66.7 cm³/mol. The van der Waals surface area contributed by atoms with Gasteiger partial charge >= 0.3 is 0 Å². The maximum atomic E-state index is 13.3. The van der Waals surface area contributed by atoms with Crippen LogP contribution in [-0.4, -0.2) is 23.9 Å². The molecule has 17 heavy (non-hydrogen) atoms. The molecule has 1 heterocycles. The highest BCUT2D eigenvalue weighted by Gasteiger charge is 2.26. The Kier molecular flexibility index (Phi) is 3.79. The molecule has 5 heteroatoms. The number of likely N-dealkylation sites (tertiary alicyclic amines) is 1. The van der Waals surface area contributed by atoms with Crippen LogP contribution in [0, 0.1) is 11.7 Å². The molecule has 0 saturated carbocycles. The monoisotopic (exact) mass is 300 g/mol. The third-order valence-corrected chi connectivity index (χ3v) is 3.99. The summed E-state index contributed by atoms with van der Waals surface area (Å²) in [6, 6.07) is 4.99. The number of hydrogen-bond donors (Lipinski definition) is 1. The van der Waals surface area contributed by atoms with E-state index in [1.165, 1.54) is 6.07 Å². The molecule has 3 nitrogen and oxygen atoms in total. The van der Waals surface area contributed by atoms with Gasteiger partial charge < -0.3 is 5.73 Å². The zero-order valence-corrected chi connectivity index (χ0v) is 10.9. The number of primary amides is 1. The van der Waals surface area contributed by atoms with E-state index in [-0.39, 0.29) is 17.6 Å². The molecule has 1 aliphatic heterocycles. The zero-order valence-electron chi connectivity index (χ0n) is 9.33. The van der Waals surface area contributed by atoms with Crippen LogP contribution in [0.25, 0.3) is 0 Å². The summed E-state index contributed by atoms with van der Waals surface area (Å²) in [5.74, 6) is -0.568. The van der Waals surface area contributed by atoms with Crippen molar-refractivity contribution in [2.45, 2.75) is 13.0 Å². The van der Waals surface area contributed by atoms with Gasteiger partial charge in [-0.1, -0.05) is 12.1 Å². The summed E-state index contributed by atoms with van der Waals surface area (Å²) in [5, 5.41) is 0. The molecular weight excluding hydrogens is 287 g/mol. The summed E-state index contributed by atoms with van der Waals surface area (Å²) in [5.41, 5.74) is 6.17. The number of halogens is 2. The maximum Gasteiger partial charge on any atom is 0.221 e. The molecule has 92 valence electrons. The minimum Gasteiger partial charge on any atom is -0.369 e. The van der Waals surface area contributed by atoms with Crippen molar-refractivity contribution in [1.29, 1.82) is 0 Å². The summed E-state index contributed by atoms with van der Waals surface area (Å²) in [4.78, 5) is 13.2. The largest absolute Gasteiger partial charge is 0.369 e. The van der Waals surface area contributed by atoms with Crippen molar-refractivity contribution in [3.05, 3.63) is 34.1 Å². The van der Waals surface area contributed by atoms with Gasteiger partial charge in [-0.2, -0.15) is 0 Å². The Bertz CT molecular complexity index is 439. The Hall–Kier alpha value is -0.940. The Labute approximate surface area is 108 Å². The number of rotatable bonds is 3. The van der Waals surface area contributed by atoms with Crippen LogP contribution < -0.4 is 5.73 Å². The van der Waals surface area contributed by atoms with Crippen molar-refractivity contribution in [3.63, 3.8) is 0 Å². The van der Waals surface area contributed by atoms with Crippen LogP contribution in [0.3, 0.4) is 0 Å². The van der Waals surface area contributed by atoms with E-state index < -0.39 is 0 Å². The van der Waals surface area contributed by atoms with Gasteiger partial charge in [-0.05, 0) is 40.5 Å². The average Bonchev–Trinajstić information content (AvgIpc) is 2.73. The van der Waals surface area contributed by atoms with E-state index >= 15 is 0 Å². The van der Waals surface area contributed by atoms with Crippen molar-refractivity contribution in [3.8, 4) is 0 Å². The molecule has 0 bridgehead atoms. The van der Waals surface area contributed by atoms with E-state index in [4.69, 9.17) is 5.73 Å². The maximum absolute atomic E-state index is 13.3. The van der Waals surface area contributed by atoms with Crippen LogP contribution in [-0.2, 0) is 11.3 Å². The minimum atomic E-state index is -0.256. The lowest BCUT2D eigenvalue weighted by Crippen LogP contribution is -2.27. The second-order valence-corrected chi connectivity index (χ2v) is 5.13. The molecule has 1 aromatic carbocycles. The molecule has 1 unspecified atom stereocenters. The highest BCUT2D eigenvalue weighted by molar-refractivity contribution is 9.10. The van der Waals surface area contributed by atoms with Crippen LogP contribution >= 0.6 is 15.9 Å². The Morgan fingerprint density at radius 1 is 1.59 bits per heavy atom. The summed E-state index contributed by atoms with van der Waals surface area (Å²) in [6.45, 7) is 2.14. The van der Waals surface area contributed by atoms with Gasteiger partial charge in [0.1, 0.15) is 5.82 Å². The predicted octanol–water partition coefficient (Wildman–Crippen LogP) is 1.90. The average molecular weight is 301 g/mol. The van der Waals surface area contributed by atoms with Crippen LogP contribution in [0.15, 0.2) is 22.7 Å². The summed E-state index contributed by atoms with van der Waals surface area (Å²) in [6.07, 6.45) is 0.794. The van der Waals surface area contributed by atoms with Gasteiger partial charge in [0.15, 0.2) is 0 Å². The lowest BCUT2D eigenvalue weighted by atomic mass is 10.1. The van der Waals surface area contributed by atoms with Gasteiger partial charge in [0.25, 0.3) is 0 Å². The van der Waals surface area contributed by atoms with E-state index in [2.05, 4.69) is 20.8 Å². The first-order valence-electron chi connectivity index (χ1n) is 5.52. The fraction of sp³-hybridized carbons (Fsp3) is 0.417. The van der Waals surface area contributed by atoms with Gasteiger partial charge in [-0.15, -0.1) is 0 Å². The molecule has 2 rings (SSSR count). The van der Waals surface area contributed by atoms with Gasteiger partial charge in [-0.3, -0.25) is 9.69 Å². The normalized spacial score (nSPS) is 20.7. The van der Waals surface area contributed by atoms with Crippen molar-refractivity contribution in [2.75, 3.05) is 13.1 Å². The molecule has 1 aliphatic rings. The van der Waals surface area contributed by atoms with Crippen LogP contribution in [0.2, 0.25) is 0 Å². The second kappa shape index (κ2) is 5.14. The van der Waals surface area contributed by atoms with Gasteiger partial charge in [0.05, 0.1) is 10.4 Å². The van der Waals surface area contributed by atoms with E-state index in [1.54, 1.807) is 6.07 Å². The first kappa shape index (κ1) is 12.5. The fourth-order valence-corrected chi connectivity index (χ4v) is 2.51. The van der Waals surface area contributed by atoms with E-state index in [0.29, 0.717) is 17.6 Å². The number of carbonyl (C=O) groups is 1. The number of hydrogen-bond acceptors (Lipinski definition) is 2. The first-order chi connectivity index (χ1) is 8.08. The molecule has 1 saturated heterocycles. The van der Waals surface area contributed by atoms with Crippen molar-refractivity contribution < 1.29 is 9.18 Å². The number of carbonyl (C=O) groups excluding carboxylic acids is 1. The third kappa shape index (κ3) is 2.84. The first-order valence-corrected chi connectivity index (χ1v) is 6.32. The second-order valence-electron chi connectivity index (χ2n) is 4.34. The molecule has 2 N–H and O–H groups in total. The topological polar surface area (TPSA) is 46.3 Å². The Morgan fingerprint density at radius 2 is 2.35 bits per heavy atom. The molecule has 0 aliphatic carbocycles. The summed E-state index contributed by atoms with van der Waals surface area (Å²) in [7, 11) is 0. The van der Waals surface area contributed by atoms with Gasteiger partial charge in [-0.25, -0.2) is 4.39 Å². The molecule has 0 spiro atoms. The van der Waals surface area contributed by atoms with Gasteiger partial charge in [0.2, 0.25) is 5.91 Å². The lowest BCUT2D eigenvalue weighted by Gasteiger charge is -2.16. The van der Waals surface area contributed by atoms with E-state index in [1.807, 2.05) is 6.07 Å². The van der Waals surface area contributed by atoms with E-state index in [0.717, 1.165) is 18.5 Å². The number of amides is 1. The molecule has 1 amide bonds. The van der Waals surface area contributed by atoms with Crippen LogP contribution in [0.4, 0.5) is 4.39 Å². The van der Waals surface area contributed by atoms with Crippen LogP contribution in [0.1, 0.15) is 12.0 Å². The highest BCUT2D eigenvalue weighted by Crippen LogP contribution is 2.24. The molecule has 1 aromatic rings. The minimum absolute atomic E-state index is 0.0673. The molecular formula is C12H14BrFN2O. The molecule has 1 fully saturated rings. The van der Waals surface area contributed by atoms with Crippen LogP contribution in [0.5, 0.6) is 0 Å². The smallest absolute Gasteiger partial charge is 0.221 e. The van der Waals surface area contributed by atoms with Crippen molar-refractivity contribution in [2.24, 2.45) is 11.7 Å². The van der Waals surface area contributed by atoms with Crippen molar-refractivity contribution in [1.82, 2.24) is 4.90 Å². The fourth-order valence-electron chi connectivity index (χ4n) is 2.12. The number of benzene rings is 1. The zero-order chi connectivity index (χ0) is 12.4. The molecule has 1 atom stereocenters. The Balaban J connectivity index is 2.03. The van der Waals surface area contributed by atoms with Crippen molar-refractivity contribution >= 4 is 21.8 Å². The Morgan fingerprint density at radius 3 is 3.00 bits per heavy atom. The summed E-state index contributed by atoms with van der Waals surface area (Å²) < 4.78 is 13.8. The van der Waals surface area contributed by atoms with E-state index in [9.17, 15) is 9.18 Å². The molecule has 0 aromatic heterocycles. The standard InChI is InChI=1S/C12H14BrFN2O/c13-11-8(2-1-3-10(11)14)6-16-5-4-9(7-16)12(15)17/h1-3,9H,4-7H2,(H2,15,17). The quantitative estimate of drug-likeness (QED) is 0.927. The highest BCUT2D eigenvalue weighted by atomic mass is 79.9. The van der Waals surface area contributed by atoms with Gasteiger partial charge in [0, 0.05) is 13.1 Å². The number of nitrogens with two attached hydrogens (primary N) is 1. The third-order valence-electron chi connectivity index (χ3n) is 3.10. The molecule has 0 radical (unpaired) electrons.